The normalized spacial score (nSPS) is 13.1. The maximum absolute atomic E-state index is 7.06. The van der Waals surface area contributed by atoms with Crippen molar-refractivity contribution >= 4 is 92.6 Å². The summed E-state index contributed by atoms with van der Waals surface area (Å²) in [5, 5.41) is 9.06. The minimum atomic E-state index is -2.84. The number of hydrogen-bond donors (Lipinski definition) is 0. The maximum atomic E-state index is 7.06. The van der Waals surface area contributed by atoms with Gasteiger partial charge >= 0.3 is 11.7 Å². The summed E-state index contributed by atoms with van der Waals surface area (Å²) in [6.07, 6.45) is 1.95. The number of hydrogen-bond acceptors (Lipinski definition) is 2. The van der Waals surface area contributed by atoms with Crippen LogP contribution in [0.15, 0.2) is 231 Å². The van der Waals surface area contributed by atoms with Crippen molar-refractivity contribution in [2.24, 2.45) is 0 Å². The zero-order valence-corrected chi connectivity index (χ0v) is 51.6. The lowest BCUT2D eigenvalue weighted by Crippen LogP contribution is -2.74. The summed E-state index contributed by atoms with van der Waals surface area (Å²) in [4.78, 5) is 5.11. The second kappa shape index (κ2) is 20.5. The van der Waals surface area contributed by atoms with Gasteiger partial charge in [0.15, 0.2) is 8.07 Å². The van der Waals surface area contributed by atoms with Gasteiger partial charge in [0.05, 0.1) is 30.7 Å². The van der Waals surface area contributed by atoms with Crippen LogP contribution in [-0.4, -0.2) is 31.7 Å². The molecule has 0 saturated heterocycles. The smallest absolute Gasteiger partial charge is 0.457 e. The molecule has 2 aromatic heterocycles. The summed E-state index contributed by atoms with van der Waals surface area (Å²) >= 11 is 0. The zero-order valence-electron chi connectivity index (χ0n) is 49.6. The van der Waals surface area contributed by atoms with Gasteiger partial charge in [0, 0.05) is 47.3 Å². The highest BCUT2D eigenvalue weighted by Crippen LogP contribution is 2.45. The van der Waals surface area contributed by atoms with E-state index in [0.717, 1.165) is 56.5 Å². The standard InChI is InChI=1S/C75H74N4OSi2/c1-73(2,3)53-41-42-76-71(47-53)79-68-40-38-64(82(60-28-16-13-17-29-60,61-30-18-14-19-31-61)62-32-20-15-21-33-62)50-67(68)66-39-37-59(49-70(66)79)80-58-27-23-26-56(48-58)77-51-78(57-45-54(74(4,5)6)44-55(46-57)75(7,8)9)72-65(35-24-36-69(72)77)52-25-22-34-63(43-52)81(10,11)12/h13-50H,1-12H3/q+2. The number of pyridine rings is 1. The third kappa shape index (κ3) is 9.91. The van der Waals surface area contributed by atoms with Crippen LogP contribution in [0.1, 0.15) is 79.0 Å². The fourth-order valence-electron chi connectivity index (χ4n) is 12.0. The number of benzene rings is 9. The van der Waals surface area contributed by atoms with Crippen molar-refractivity contribution < 1.29 is 4.74 Å². The molecule has 0 spiro atoms. The summed E-state index contributed by atoms with van der Waals surface area (Å²) in [6, 6.07) is 87.1. The predicted octanol–water partition coefficient (Wildman–Crippen LogP) is 16.3. The molecule has 1 aliphatic heterocycles. The highest BCUT2D eigenvalue weighted by atomic mass is 28.3. The molecule has 3 heterocycles. The zero-order chi connectivity index (χ0) is 57.3. The van der Waals surface area contributed by atoms with Crippen LogP contribution in [0.5, 0.6) is 11.5 Å². The van der Waals surface area contributed by atoms with E-state index in [9.17, 15) is 0 Å². The van der Waals surface area contributed by atoms with Gasteiger partial charge in [0.1, 0.15) is 17.3 Å². The van der Waals surface area contributed by atoms with E-state index in [2.05, 4.69) is 326 Å². The highest BCUT2D eigenvalue weighted by Gasteiger charge is 2.43. The van der Waals surface area contributed by atoms with E-state index < -0.39 is 16.1 Å². The molecule has 0 unspecified atom stereocenters. The molecule has 1 aliphatic rings. The van der Waals surface area contributed by atoms with Crippen LogP contribution < -0.4 is 39.8 Å². The van der Waals surface area contributed by atoms with Gasteiger partial charge in [-0.25, -0.2) is 4.98 Å². The molecule has 0 fully saturated rings. The van der Waals surface area contributed by atoms with Crippen LogP contribution in [0.2, 0.25) is 19.6 Å². The first-order valence-corrected chi connectivity index (χ1v) is 34.4. The average Bonchev–Trinajstić information content (AvgIpc) is 2.16. The van der Waals surface area contributed by atoms with E-state index in [0.29, 0.717) is 0 Å². The Labute approximate surface area is 487 Å². The molecule has 9 aromatic carbocycles. The van der Waals surface area contributed by atoms with Crippen molar-refractivity contribution in [2.75, 3.05) is 0 Å². The number of ether oxygens (including phenoxy) is 1. The molecule has 5 nitrogen and oxygen atoms in total. The molecule has 12 rings (SSSR count). The second-order valence-electron chi connectivity index (χ2n) is 26.4. The van der Waals surface area contributed by atoms with Crippen LogP contribution in [0, 0.1) is 0 Å². The second-order valence-corrected chi connectivity index (χ2v) is 35.3. The van der Waals surface area contributed by atoms with Crippen LogP contribution in [-0.2, 0) is 16.2 Å². The Hall–Kier alpha value is -8.46. The van der Waals surface area contributed by atoms with E-state index in [4.69, 9.17) is 9.72 Å². The summed E-state index contributed by atoms with van der Waals surface area (Å²) in [5.74, 6) is 2.33. The van der Waals surface area contributed by atoms with E-state index in [-0.39, 0.29) is 16.2 Å². The van der Waals surface area contributed by atoms with E-state index in [1.807, 2.05) is 6.20 Å². The first-order chi connectivity index (χ1) is 39.2. The van der Waals surface area contributed by atoms with Crippen molar-refractivity contribution in [1.29, 1.82) is 0 Å². The molecule has 7 heteroatoms. The van der Waals surface area contributed by atoms with Gasteiger partial charge in [-0.2, -0.15) is 0 Å². The molecule has 0 N–H and O–H groups in total. The third-order valence-electron chi connectivity index (χ3n) is 16.6. The molecule has 406 valence electrons. The first kappa shape index (κ1) is 54.1. The van der Waals surface area contributed by atoms with Gasteiger partial charge in [-0.15, -0.1) is 0 Å². The number of fused-ring (bicyclic) bond motifs is 4. The Morgan fingerprint density at radius 2 is 1.01 bits per heavy atom. The molecule has 0 aliphatic carbocycles. The lowest BCUT2D eigenvalue weighted by molar-refractivity contribution is 0.483. The Kier molecular flexibility index (Phi) is 13.5. The molecule has 11 aromatic rings. The lowest BCUT2D eigenvalue weighted by Gasteiger charge is -2.34. The Morgan fingerprint density at radius 3 is 1.62 bits per heavy atom. The van der Waals surface area contributed by atoms with Crippen LogP contribution in [0.3, 0.4) is 0 Å². The van der Waals surface area contributed by atoms with E-state index in [1.165, 1.54) is 59.1 Å². The number of nitrogens with zero attached hydrogens (tertiary/aromatic N) is 4. The number of para-hydroxylation sites is 1. The predicted molar refractivity (Wildman–Crippen MR) is 354 cm³/mol. The van der Waals surface area contributed by atoms with Crippen molar-refractivity contribution in [3.8, 4) is 28.4 Å². The number of rotatable bonds is 11. The third-order valence-corrected chi connectivity index (χ3v) is 23.4. The summed E-state index contributed by atoms with van der Waals surface area (Å²) in [6.45, 7) is 27.9. The van der Waals surface area contributed by atoms with Crippen LogP contribution in [0.25, 0.3) is 38.8 Å². The van der Waals surface area contributed by atoms with E-state index in [1.54, 1.807) is 0 Å². The van der Waals surface area contributed by atoms with Gasteiger partial charge in [-0.05, 0) is 111 Å². The van der Waals surface area contributed by atoms with Crippen molar-refractivity contribution in [1.82, 2.24) is 18.7 Å². The Bertz CT molecular complexity index is 4190. The van der Waals surface area contributed by atoms with Gasteiger partial charge in [0.2, 0.25) is 11.4 Å². The van der Waals surface area contributed by atoms with Gasteiger partial charge < -0.3 is 4.74 Å². The molecular formula is C75H74N4OSi2+2. The van der Waals surface area contributed by atoms with Crippen LogP contribution in [0.4, 0.5) is 22.7 Å². The fraction of sp³-hybridized carbons (Fsp3) is 0.200. The van der Waals surface area contributed by atoms with Crippen molar-refractivity contribution in [3.63, 3.8) is 0 Å². The Balaban J connectivity index is 1.02. The first-order valence-electron chi connectivity index (χ1n) is 28.9. The van der Waals surface area contributed by atoms with Gasteiger partial charge in [-0.3, -0.25) is 4.57 Å². The summed E-state index contributed by atoms with van der Waals surface area (Å²) in [7, 11) is -4.47. The number of aromatic nitrogens is 2. The fourth-order valence-corrected chi connectivity index (χ4v) is 17.9. The van der Waals surface area contributed by atoms with E-state index >= 15 is 0 Å². The Morgan fingerprint density at radius 1 is 0.427 bits per heavy atom. The van der Waals surface area contributed by atoms with Gasteiger partial charge in [0.25, 0.3) is 5.69 Å². The molecule has 0 atom stereocenters. The quantitative estimate of drug-likeness (QED) is 0.0735. The topological polar surface area (TPSA) is 33.1 Å². The van der Waals surface area contributed by atoms with Crippen LogP contribution >= 0.6 is 0 Å². The molecule has 0 saturated carbocycles. The van der Waals surface area contributed by atoms with Gasteiger partial charge in [-0.1, -0.05) is 233 Å². The van der Waals surface area contributed by atoms with Crippen molar-refractivity contribution in [3.05, 3.63) is 247 Å². The summed E-state index contributed by atoms with van der Waals surface area (Å²) in [5.41, 5.74) is 12.3. The SMILES string of the molecule is CC(C)(C)c1cc([N+]2=C=[N+](c3cccc(Oc4ccc5c6cc([Si](c7ccccc7)(c7ccccc7)c7ccccc7)ccc6n(-c6cc(C(C)(C)C)ccn6)c5c4)c3)c3cccc(-c4cccc([Si](C)(C)C)c4)c32)cc(C(C)(C)C)c1. The molecule has 0 bridgehead atoms. The molecule has 82 heavy (non-hydrogen) atoms. The lowest BCUT2D eigenvalue weighted by atomic mass is 9.80. The minimum Gasteiger partial charge on any atom is -0.457 e. The summed E-state index contributed by atoms with van der Waals surface area (Å²) < 4.78 is 13.9. The maximum Gasteiger partial charge on any atom is 0.503 e. The molecule has 0 radical (unpaired) electrons. The minimum absolute atomic E-state index is 0.0665. The highest BCUT2D eigenvalue weighted by molar-refractivity contribution is 7.20. The molecular weight excluding hydrogens is 1030 g/mol. The largest absolute Gasteiger partial charge is 0.503 e. The van der Waals surface area contributed by atoms with Crippen molar-refractivity contribution in [2.45, 2.75) is 98.2 Å². The molecule has 0 amide bonds. The monoisotopic (exact) mass is 1100 g/mol. The average molecular weight is 1100 g/mol.